The summed E-state index contributed by atoms with van der Waals surface area (Å²) in [5, 5.41) is 3.11. The Bertz CT molecular complexity index is 1010. The number of imidazole rings is 1. The molecule has 0 fully saturated rings. The summed E-state index contributed by atoms with van der Waals surface area (Å²) in [5.74, 6) is -0.847. The highest BCUT2D eigenvalue weighted by atomic mass is 35.5. The molecule has 0 saturated heterocycles. The third-order valence-corrected chi connectivity index (χ3v) is 4.35. The quantitative estimate of drug-likeness (QED) is 0.706. The third kappa shape index (κ3) is 3.28. The number of nitrogens with one attached hydrogen (secondary N) is 1. The van der Waals surface area contributed by atoms with Crippen molar-refractivity contribution >= 4 is 34.8 Å². The molecular weight excluding hydrogens is 354 g/mol. The molecule has 0 bridgehead atoms. The van der Waals surface area contributed by atoms with Crippen molar-refractivity contribution in [1.82, 2.24) is 9.38 Å². The molecule has 0 atom stereocenters. The molecule has 0 radical (unpaired) electrons. The maximum Gasteiger partial charge on any atom is 0.337 e. The molecule has 1 amide bonds. The Kier molecular flexibility index (Phi) is 4.95. The monoisotopic (exact) mass is 371 g/mol. The van der Waals surface area contributed by atoms with E-state index in [2.05, 4.69) is 10.3 Å². The molecule has 6 nitrogen and oxygen atoms in total. The zero-order chi connectivity index (χ0) is 18.8. The van der Waals surface area contributed by atoms with Crippen LogP contribution in [0.15, 0.2) is 36.5 Å². The van der Waals surface area contributed by atoms with Crippen molar-refractivity contribution in [3.05, 3.63) is 64.1 Å². The standard InChI is InChI=1S/C19H18ClN3O3/c1-4-14-17(23-10-11(2)5-8-16(23)21-14)18(24)22-15-9-12(19(25)26-3)6-7-13(15)20/h5-10H,4H2,1-3H3,(H,22,24). The first-order chi connectivity index (χ1) is 12.4. The number of rotatable bonds is 4. The van der Waals surface area contributed by atoms with E-state index in [9.17, 15) is 9.59 Å². The number of hydrogen-bond donors (Lipinski definition) is 1. The largest absolute Gasteiger partial charge is 0.465 e. The minimum Gasteiger partial charge on any atom is -0.465 e. The average molecular weight is 372 g/mol. The lowest BCUT2D eigenvalue weighted by molar-refractivity contribution is 0.0600. The number of aromatic nitrogens is 2. The maximum absolute atomic E-state index is 12.9. The summed E-state index contributed by atoms with van der Waals surface area (Å²) in [6, 6.07) is 8.39. The normalized spacial score (nSPS) is 10.8. The zero-order valence-corrected chi connectivity index (χ0v) is 15.4. The van der Waals surface area contributed by atoms with Crippen LogP contribution in [0.2, 0.25) is 5.02 Å². The number of hydrogen-bond acceptors (Lipinski definition) is 4. The first kappa shape index (κ1) is 17.9. The van der Waals surface area contributed by atoms with Gasteiger partial charge in [-0.25, -0.2) is 9.78 Å². The molecule has 3 rings (SSSR count). The number of amides is 1. The number of esters is 1. The van der Waals surface area contributed by atoms with Crippen LogP contribution in [0, 0.1) is 6.92 Å². The zero-order valence-electron chi connectivity index (χ0n) is 14.7. The van der Waals surface area contributed by atoms with E-state index in [-0.39, 0.29) is 5.91 Å². The van der Waals surface area contributed by atoms with Gasteiger partial charge >= 0.3 is 5.97 Å². The molecule has 2 aromatic heterocycles. The van der Waals surface area contributed by atoms with E-state index < -0.39 is 5.97 Å². The number of nitrogens with zero attached hydrogens (tertiary/aromatic N) is 2. The van der Waals surface area contributed by atoms with Gasteiger partial charge in [0.25, 0.3) is 5.91 Å². The SMILES string of the molecule is CCc1nc2ccc(C)cn2c1C(=O)Nc1cc(C(=O)OC)ccc1Cl. The second-order valence-corrected chi connectivity index (χ2v) is 6.24. The van der Waals surface area contributed by atoms with Crippen molar-refractivity contribution in [2.75, 3.05) is 12.4 Å². The molecular formula is C19H18ClN3O3. The molecule has 3 aromatic rings. The highest BCUT2D eigenvalue weighted by molar-refractivity contribution is 6.34. The summed E-state index contributed by atoms with van der Waals surface area (Å²) in [6.45, 7) is 3.89. The average Bonchev–Trinajstić information content (AvgIpc) is 3.00. The molecule has 2 heterocycles. The molecule has 134 valence electrons. The second-order valence-electron chi connectivity index (χ2n) is 5.84. The van der Waals surface area contributed by atoms with Gasteiger partial charge in [0.05, 0.1) is 29.1 Å². The molecule has 1 N–H and O–H groups in total. The lowest BCUT2D eigenvalue weighted by Gasteiger charge is -2.10. The summed E-state index contributed by atoms with van der Waals surface area (Å²) < 4.78 is 6.47. The fourth-order valence-corrected chi connectivity index (χ4v) is 2.90. The Balaban J connectivity index is 2.02. The smallest absolute Gasteiger partial charge is 0.337 e. The summed E-state index contributed by atoms with van der Waals surface area (Å²) in [7, 11) is 1.30. The molecule has 0 unspecified atom stereocenters. The highest BCUT2D eigenvalue weighted by Gasteiger charge is 2.20. The van der Waals surface area contributed by atoms with Crippen LogP contribution in [0.4, 0.5) is 5.69 Å². The van der Waals surface area contributed by atoms with Crippen molar-refractivity contribution in [2.45, 2.75) is 20.3 Å². The Morgan fingerprint density at radius 1 is 1.27 bits per heavy atom. The van der Waals surface area contributed by atoms with Gasteiger partial charge in [-0.15, -0.1) is 0 Å². The number of halogens is 1. The molecule has 7 heteroatoms. The van der Waals surface area contributed by atoms with Crippen LogP contribution < -0.4 is 5.32 Å². The molecule has 0 aliphatic carbocycles. The number of fused-ring (bicyclic) bond motifs is 1. The summed E-state index contributed by atoms with van der Waals surface area (Å²) in [4.78, 5) is 29.2. The van der Waals surface area contributed by atoms with Crippen LogP contribution >= 0.6 is 11.6 Å². The Morgan fingerprint density at radius 2 is 2.04 bits per heavy atom. The number of aryl methyl sites for hydroxylation is 2. The molecule has 0 spiro atoms. The summed E-state index contributed by atoms with van der Waals surface area (Å²) in [6.07, 6.45) is 2.47. The van der Waals surface area contributed by atoms with Crippen molar-refractivity contribution in [3.8, 4) is 0 Å². The third-order valence-electron chi connectivity index (χ3n) is 4.02. The Hall–Kier alpha value is -2.86. The van der Waals surface area contributed by atoms with Gasteiger partial charge in [-0.3, -0.25) is 9.20 Å². The number of anilines is 1. The van der Waals surface area contributed by atoms with Crippen LogP contribution in [0.1, 0.15) is 39.0 Å². The van der Waals surface area contributed by atoms with E-state index in [1.165, 1.54) is 13.2 Å². The summed E-state index contributed by atoms with van der Waals surface area (Å²) >= 11 is 6.18. The number of methoxy groups -OCH3 is 1. The first-order valence-corrected chi connectivity index (χ1v) is 8.49. The lowest BCUT2D eigenvalue weighted by atomic mass is 10.2. The summed E-state index contributed by atoms with van der Waals surface area (Å²) in [5.41, 5.74) is 3.49. The number of carbonyl (C=O) groups is 2. The van der Waals surface area contributed by atoms with Gasteiger partial charge in [0, 0.05) is 6.20 Å². The highest BCUT2D eigenvalue weighted by Crippen LogP contribution is 2.25. The van der Waals surface area contributed by atoms with Gasteiger partial charge < -0.3 is 10.1 Å². The van der Waals surface area contributed by atoms with E-state index in [0.717, 1.165) is 5.56 Å². The van der Waals surface area contributed by atoms with E-state index in [0.29, 0.717) is 39.7 Å². The molecule has 0 aliphatic heterocycles. The fraction of sp³-hybridized carbons (Fsp3) is 0.211. The van der Waals surface area contributed by atoms with Crippen molar-refractivity contribution in [1.29, 1.82) is 0 Å². The minimum atomic E-state index is -0.503. The van der Waals surface area contributed by atoms with Gasteiger partial charge in [0.1, 0.15) is 11.3 Å². The van der Waals surface area contributed by atoms with Gasteiger partial charge in [-0.2, -0.15) is 0 Å². The van der Waals surface area contributed by atoms with Crippen LogP contribution in [0.25, 0.3) is 5.65 Å². The van der Waals surface area contributed by atoms with Gasteiger partial charge in [0.15, 0.2) is 0 Å². The lowest BCUT2D eigenvalue weighted by Crippen LogP contribution is -2.17. The van der Waals surface area contributed by atoms with Crippen molar-refractivity contribution in [2.24, 2.45) is 0 Å². The molecule has 0 aliphatic rings. The second kappa shape index (κ2) is 7.17. The maximum atomic E-state index is 12.9. The minimum absolute atomic E-state index is 0.303. The van der Waals surface area contributed by atoms with Crippen molar-refractivity contribution in [3.63, 3.8) is 0 Å². The topological polar surface area (TPSA) is 72.7 Å². The van der Waals surface area contributed by atoms with Crippen molar-refractivity contribution < 1.29 is 14.3 Å². The molecule has 1 aromatic carbocycles. The number of carbonyl (C=O) groups excluding carboxylic acids is 2. The predicted octanol–water partition coefficient (Wildman–Crippen LogP) is 3.90. The first-order valence-electron chi connectivity index (χ1n) is 8.11. The van der Waals surface area contributed by atoms with Gasteiger partial charge in [-0.05, 0) is 43.2 Å². The Labute approximate surface area is 155 Å². The van der Waals surface area contributed by atoms with Gasteiger partial charge in [0.2, 0.25) is 0 Å². The van der Waals surface area contributed by atoms with E-state index >= 15 is 0 Å². The van der Waals surface area contributed by atoms with E-state index in [1.807, 2.05) is 32.2 Å². The van der Waals surface area contributed by atoms with Crippen LogP contribution in [-0.4, -0.2) is 28.4 Å². The van der Waals surface area contributed by atoms with E-state index in [4.69, 9.17) is 16.3 Å². The van der Waals surface area contributed by atoms with Crippen LogP contribution in [0.5, 0.6) is 0 Å². The number of benzene rings is 1. The van der Waals surface area contributed by atoms with Crippen LogP contribution in [0.3, 0.4) is 0 Å². The molecule has 0 saturated carbocycles. The Morgan fingerprint density at radius 3 is 2.73 bits per heavy atom. The molecule has 26 heavy (non-hydrogen) atoms. The van der Waals surface area contributed by atoms with Gasteiger partial charge in [-0.1, -0.05) is 24.6 Å². The number of ether oxygens (including phenoxy) is 1. The van der Waals surface area contributed by atoms with Crippen LogP contribution in [-0.2, 0) is 11.2 Å². The predicted molar refractivity (Wildman–Crippen MR) is 100 cm³/mol. The van der Waals surface area contributed by atoms with E-state index in [1.54, 1.807) is 16.5 Å². The number of pyridine rings is 1. The fourth-order valence-electron chi connectivity index (χ4n) is 2.73.